The Kier molecular flexibility index (Phi) is 21.9. The summed E-state index contributed by atoms with van der Waals surface area (Å²) in [5.41, 5.74) is 0. The maximum atomic E-state index is 12.9. The minimum absolute atomic E-state index is 0.0236. The topological polar surface area (TPSA) is 186 Å². The first-order valence-corrected chi connectivity index (χ1v) is 20.6. The van der Waals surface area contributed by atoms with Crippen molar-refractivity contribution < 1.29 is 58.6 Å². The molecule has 0 aromatic rings. The number of aliphatic hydroxyl groups is 4. The van der Waals surface area contributed by atoms with E-state index in [9.17, 15) is 39.6 Å². The number of carbonyl (C=O) groups excluding carboxylic acids is 4. The van der Waals surface area contributed by atoms with Gasteiger partial charge in [-0.1, -0.05) is 88.8 Å². The van der Waals surface area contributed by atoms with Crippen molar-refractivity contribution >= 4 is 23.5 Å². The first-order valence-electron chi connectivity index (χ1n) is 20.6. The van der Waals surface area contributed by atoms with Crippen LogP contribution in [0.5, 0.6) is 0 Å². The lowest BCUT2D eigenvalue weighted by atomic mass is 9.87. The van der Waals surface area contributed by atoms with Gasteiger partial charge in [-0.2, -0.15) is 0 Å². The average molecular weight is 775 g/mol. The van der Waals surface area contributed by atoms with Crippen molar-refractivity contribution in [3.05, 3.63) is 48.6 Å². The summed E-state index contributed by atoms with van der Waals surface area (Å²) >= 11 is 0. The Bertz CT molecular complexity index is 1290. The van der Waals surface area contributed by atoms with E-state index in [4.69, 9.17) is 18.9 Å². The molecule has 0 amide bonds. The summed E-state index contributed by atoms with van der Waals surface area (Å²) in [5.74, 6) is -0.0779. The zero-order valence-corrected chi connectivity index (χ0v) is 32.9. The van der Waals surface area contributed by atoms with Crippen LogP contribution in [0, 0.1) is 23.7 Å². The van der Waals surface area contributed by atoms with E-state index in [1.165, 1.54) is 0 Å². The quantitative estimate of drug-likeness (QED) is 0.0474. The summed E-state index contributed by atoms with van der Waals surface area (Å²) in [4.78, 5) is 50.0. The van der Waals surface area contributed by atoms with Crippen molar-refractivity contribution in [1.29, 1.82) is 0 Å². The van der Waals surface area contributed by atoms with Crippen LogP contribution in [0.25, 0.3) is 0 Å². The number of hydrogen-bond acceptors (Lipinski definition) is 12. The number of carbonyl (C=O) groups is 4. The molecule has 0 aromatic carbocycles. The lowest BCUT2D eigenvalue weighted by Gasteiger charge is -2.39. The number of unbranched alkanes of at least 4 members (excludes halogenated alkanes) is 6. The fourth-order valence-electron chi connectivity index (χ4n) is 7.40. The molecule has 2 aliphatic carbocycles. The number of ether oxygens (including phenoxy) is 4. The fourth-order valence-corrected chi connectivity index (χ4v) is 7.40. The second-order valence-electron chi connectivity index (χ2n) is 15.0. The Labute approximate surface area is 327 Å². The van der Waals surface area contributed by atoms with E-state index in [0.717, 1.165) is 77.0 Å². The maximum Gasteiger partial charge on any atom is 0.306 e. The van der Waals surface area contributed by atoms with Crippen LogP contribution < -0.4 is 0 Å². The number of aliphatic hydroxyl groups excluding tert-OH is 4. The smallest absolute Gasteiger partial charge is 0.306 e. The summed E-state index contributed by atoms with van der Waals surface area (Å²) in [6.45, 7) is 2.89. The number of esters is 2. The van der Waals surface area contributed by atoms with E-state index in [0.29, 0.717) is 12.8 Å². The molecule has 0 spiro atoms. The summed E-state index contributed by atoms with van der Waals surface area (Å²) in [5, 5.41) is 40.1. The minimum atomic E-state index is -1.63. The van der Waals surface area contributed by atoms with Gasteiger partial charge in [-0.05, 0) is 75.4 Å². The van der Waals surface area contributed by atoms with Gasteiger partial charge in [-0.15, -0.1) is 0 Å². The molecule has 4 N–H and O–H groups in total. The maximum absolute atomic E-state index is 12.9. The zero-order chi connectivity index (χ0) is 40.0. The van der Waals surface area contributed by atoms with E-state index in [1.54, 1.807) is 12.2 Å². The molecule has 0 saturated carbocycles. The third-order valence-corrected chi connectivity index (χ3v) is 10.7. The van der Waals surface area contributed by atoms with Gasteiger partial charge in [0, 0.05) is 24.7 Å². The monoisotopic (exact) mass is 774 g/mol. The van der Waals surface area contributed by atoms with Crippen molar-refractivity contribution in [2.75, 3.05) is 19.8 Å². The van der Waals surface area contributed by atoms with Crippen LogP contribution in [0.15, 0.2) is 48.6 Å². The van der Waals surface area contributed by atoms with Gasteiger partial charge in [0.05, 0.1) is 13.2 Å². The number of rotatable bonds is 27. The van der Waals surface area contributed by atoms with Crippen LogP contribution in [0.3, 0.4) is 0 Å². The van der Waals surface area contributed by atoms with E-state index >= 15 is 0 Å². The third-order valence-electron chi connectivity index (χ3n) is 10.7. The summed E-state index contributed by atoms with van der Waals surface area (Å²) in [6.07, 6.45) is 19.5. The van der Waals surface area contributed by atoms with Crippen molar-refractivity contribution in [3.63, 3.8) is 0 Å². The molecule has 0 unspecified atom stereocenters. The summed E-state index contributed by atoms with van der Waals surface area (Å²) in [7, 11) is 0. The number of ketones is 2. The standard InChI is InChI=1S/C43H66O12/c1-3-5-11-19-33-30(23-25-35(33)45)17-13-8-7-9-15-21-38(47)52-28-32(29-53-43-42(51)41(50)40(49)37(27-44)55-43)54-39(48)22-16-10-14-18-31-24-26-36(46)34(31)20-12-6-4-2/h5-6,11-12,23-26,30-34,37,40-44,49-51H,3-4,7-10,13-22,27-29H2,1-2H3/b11-5+,12-6+/t30-,31-,32+,33+,34+,37-,40-,41-,42+,43+/m1/s1. The Morgan fingerprint density at radius 3 is 1.80 bits per heavy atom. The first-order chi connectivity index (χ1) is 26.6. The molecular weight excluding hydrogens is 708 g/mol. The van der Waals surface area contributed by atoms with Crippen molar-refractivity contribution in [3.8, 4) is 0 Å². The predicted molar refractivity (Wildman–Crippen MR) is 206 cm³/mol. The van der Waals surface area contributed by atoms with Crippen LogP contribution >= 0.6 is 0 Å². The van der Waals surface area contributed by atoms with Gasteiger partial charge in [-0.3, -0.25) is 19.2 Å². The van der Waals surface area contributed by atoms with Crippen LogP contribution in [0.1, 0.15) is 117 Å². The molecule has 12 heteroatoms. The van der Waals surface area contributed by atoms with Crippen LogP contribution in [-0.2, 0) is 38.1 Å². The summed E-state index contributed by atoms with van der Waals surface area (Å²) < 4.78 is 22.1. The molecule has 10 atom stereocenters. The highest BCUT2D eigenvalue weighted by molar-refractivity contribution is 5.95. The Hall–Kier alpha value is -3.00. The normalized spacial score (nSPS) is 28.5. The largest absolute Gasteiger partial charge is 0.462 e. The van der Waals surface area contributed by atoms with Gasteiger partial charge in [0.2, 0.25) is 0 Å². The van der Waals surface area contributed by atoms with E-state index < -0.39 is 55.4 Å². The molecule has 3 rings (SSSR count). The van der Waals surface area contributed by atoms with Crippen LogP contribution in [-0.4, -0.2) is 101 Å². The average Bonchev–Trinajstić information content (AvgIpc) is 3.71. The van der Waals surface area contributed by atoms with Gasteiger partial charge >= 0.3 is 11.9 Å². The SMILES string of the molecule is CC/C=C/C[C@@H]1C(=O)C=C[C@H]1CCCCCCCC(=O)OC[C@@H](CO[C@H]1O[C@H](CO)[C@@H](O)[C@@H](O)[C@@H]1O)OC(=O)CCCCC[C@@H]1C=CC(=O)[C@H]1C/C=C/CC. The van der Waals surface area contributed by atoms with E-state index in [2.05, 4.69) is 38.2 Å². The lowest BCUT2D eigenvalue weighted by Crippen LogP contribution is -2.59. The van der Waals surface area contributed by atoms with Crippen molar-refractivity contribution in [1.82, 2.24) is 0 Å². The fraction of sp³-hybridized carbons (Fsp3) is 0.721. The molecule has 1 saturated heterocycles. The molecule has 1 fully saturated rings. The summed E-state index contributed by atoms with van der Waals surface area (Å²) in [6, 6.07) is 0. The first kappa shape index (κ1) is 46.4. The second-order valence-corrected chi connectivity index (χ2v) is 15.0. The lowest BCUT2D eigenvalue weighted by molar-refractivity contribution is -0.305. The molecule has 0 aromatic heterocycles. The molecule has 1 aliphatic heterocycles. The van der Waals surface area contributed by atoms with Gasteiger partial charge in [0.15, 0.2) is 24.0 Å². The molecule has 1 heterocycles. The van der Waals surface area contributed by atoms with Crippen LogP contribution in [0.4, 0.5) is 0 Å². The van der Waals surface area contributed by atoms with E-state index in [-0.39, 0.29) is 61.3 Å². The van der Waals surface area contributed by atoms with Crippen molar-refractivity contribution in [2.45, 2.75) is 153 Å². The number of hydrogen-bond donors (Lipinski definition) is 4. The van der Waals surface area contributed by atoms with E-state index in [1.807, 2.05) is 12.2 Å². The molecule has 3 aliphatic rings. The predicted octanol–water partition coefficient (Wildman–Crippen LogP) is 5.39. The Morgan fingerprint density at radius 2 is 1.24 bits per heavy atom. The highest BCUT2D eigenvalue weighted by Crippen LogP contribution is 2.32. The van der Waals surface area contributed by atoms with Crippen LogP contribution in [0.2, 0.25) is 0 Å². The molecule has 0 radical (unpaired) electrons. The zero-order valence-electron chi connectivity index (χ0n) is 32.9. The Balaban J connectivity index is 1.39. The molecular formula is C43H66O12. The minimum Gasteiger partial charge on any atom is -0.462 e. The molecule has 310 valence electrons. The highest BCUT2D eigenvalue weighted by Gasteiger charge is 2.44. The van der Waals surface area contributed by atoms with Gasteiger partial charge < -0.3 is 39.4 Å². The molecule has 55 heavy (non-hydrogen) atoms. The second kappa shape index (κ2) is 26.0. The van der Waals surface area contributed by atoms with Gasteiger partial charge in [-0.25, -0.2) is 0 Å². The highest BCUT2D eigenvalue weighted by atomic mass is 16.7. The number of allylic oxidation sites excluding steroid dienone is 8. The Morgan fingerprint density at radius 1 is 0.709 bits per heavy atom. The van der Waals surface area contributed by atoms with Crippen molar-refractivity contribution in [2.24, 2.45) is 23.7 Å². The van der Waals surface area contributed by atoms with Gasteiger partial charge in [0.25, 0.3) is 0 Å². The molecule has 12 nitrogen and oxygen atoms in total. The van der Waals surface area contributed by atoms with Gasteiger partial charge in [0.1, 0.15) is 31.0 Å². The third kappa shape index (κ3) is 16.2. The molecule has 0 bridgehead atoms.